The van der Waals surface area contributed by atoms with Gasteiger partial charge < -0.3 is 15.2 Å². The first-order valence-corrected chi connectivity index (χ1v) is 6.83. The average Bonchev–Trinajstić information content (AvgIpc) is 2.83. The van der Waals surface area contributed by atoms with Crippen LogP contribution < -0.4 is 15.2 Å². The van der Waals surface area contributed by atoms with Crippen LogP contribution in [0.2, 0.25) is 0 Å². The summed E-state index contributed by atoms with van der Waals surface area (Å²) in [6, 6.07) is 11.2. The van der Waals surface area contributed by atoms with Crippen LogP contribution in [0.4, 0.5) is 5.69 Å². The highest BCUT2D eigenvalue weighted by atomic mass is 16.5. The molecule has 2 N–H and O–H groups in total. The minimum atomic E-state index is 0.130. The van der Waals surface area contributed by atoms with Crippen LogP contribution in [-0.4, -0.2) is 11.7 Å². The zero-order chi connectivity index (χ0) is 15.4. The smallest absolute Gasteiger partial charge is 0.224 e. The summed E-state index contributed by atoms with van der Waals surface area (Å²) in [5.74, 6) is 1.91. The van der Waals surface area contributed by atoms with E-state index < -0.39 is 0 Å². The van der Waals surface area contributed by atoms with Crippen LogP contribution in [0.5, 0.6) is 17.4 Å². The van der Waals surface area contributed by atoms with Crippen molar-refractivity contribution in [2.24, 2.45) is 0 Å². The number of hydrogen-bond donors (Lipinski definition) is 1. The molecule has 0 aliphatic heterocycles. The number of nitriles is 1. The highest BCUT2D eigenvalue weighted by Crippen LogP contribution is 2.35. The van der Waals surface area contributed by atoms with Gasteiger partial charge in [-0.25, -0.2) is 0 Å². The molecular formula is C16H19N3O2. The number of ether oxygens (including phenoxy) is 2. The predicted octanol–water partition coefficient (Wildman–Crippen LogP) is 3.71. The lowest BCUT2D eigenvalue weighted by molar-refractivity contribution is 0.394. The molecule has 0 radical (unpaired) electrons. The molecular weight excluding hydrogens is 266 g/mol. The van der Waals surface area contributed by atoms with Crippen LogP contribution in [0.3, 0.4) is 0 Å². The lowest BCUT2D eigenvalue weighted by Gasteiger charge is -2.17. The number of anilines is 1. The van der Waals surface area contributed by atoms with Crippen LogP contribution in [0.25, 0.3) is 0 Å². The van der Waals surface area contributed by atoms with Crippen LogP contribution in [-0.2, 0) is 0 Å². The predicted molar refractivity (Wildman–Crippen MR) is 81.6 cm³/mol. The van der Waals surface area contributed by atoms with E-state index in [1.54, 1.807) is 25.3 Å². The van der Waals surface area contributed by atoms with Gasteiger partial charge in [-0.05, 0) is 37.6 Å². The summed E-state index contributed by atoms with van der Waals surface area (Å²) in [4.78, 5) is 0. The Labute approximate surface area is 124 Å². The zero-order valence-electron chi connectivity index (χ0n) is 12.5. The molecule has 21 heavy (non-hydrogen) atoms. The molecule has 0 aliphatic carbocycles. The second kappa shape index (κ2) is 6.23. The SMILES string of the molecule is CC[C@@H](C)n1c(C#N)cc(N)c1Oc1ccc(OC)cc1. The Hall–Kier alpha value is -2.61. The Bertz CT molecular complexity index is 653. The van der Waals surface area contributed by atoms with E-state index in [2.05, 4.69) is 13.0 Å². The largest absolute Gasteiger partial charge is 0.497 e. The van der Waals surface area contributed by atoms with Crippen molar-refractivity contribution in [1.82, 2.24) is 4.57 Å². The molecule has 5 heteroatoms. The molecule has 0 spiro atoms. The second-order valence-electron chi connectivity index (χ2n) is 4.81. The maximum Gasteiger partial charge on any atom is 0.224 e. The lowest BCUT2D eigenvalue weighted by atomic mass is 10.2. The quantitative estimate of drug-likeness (QED) is 0.908. The van der Waals surface area contributed by atoms with E-state index in [1.165, 1.54) is 0 Å². The van der Waals surface area contributed by atoms with Crippen molar-refractivity contribution in [2.45, 2.75) is 26.3 Å². The zero-order valence-corrected chi connectivity index (χ0v) is 12.5. The summed E-state index contributed by atoms with van der Waals surface area (Å²) in [6.45, 7) is 4.08. The summed E-state index contributed by atoms with van der Waals surface area (Å²) in [5.41, 5.74) is 6.96. The standard InChI is InChI=1S/C16H19N3O2/c1-4-11(2)19-12(10-17)9-15(18)16(19)21-14-7-5-13(20-3)6-8-14/h5-9,11H,4,18H2,1-3H3/t11-/m1/s1. The van der Waals surface area contributed by atoms with Gasteiger partial charge in [-0.2, -0.15) is 5.26 Å². The molecule has 0 unspecified atom stereocenters. The van der Waals surface area contributed by atoms with Gasteiger partial charge in [0.25, 0.3) is 0 Å². The van der Waals surface area contributed by atoms with Crippen molar-refractivity contribution in [3.05, 3.63) is 36.0 Å². The van der Waals surface area contributed by atoms with E-state index in [0.717, 1.165) is 12.2 Å². The van der Waals surface area contributed by atoms with Gasteiger partial charge in [-0.3, -0.25) is 4.57 Å². The molecule has 0 amide bonds. The molecule has 0 saturated carbocycles. The normalized spacial score (nSPS) is 11.7. The van der Waals surface area contributed by atoms with Crippen molar-refractivity contribution < 1.29 is 9.47 Å². The van der Waals surface area contributed by atoms with E-state index >= 15 is 0 Å². The van der Waals surface area contributed by atoms with Crippen LogP contribution in [0.15, 0.2) is 30.3 Å². The van der Waals surface area contributed by atoms with E-state index in [4.69, 9.17) is 15.2 Å². The Morgan fingerprint density at radius 1 is 1.29 bits per heavy atom. The maximum absolute atomic E-state index is 9.24. The van der Waals surface area contributed by atoms with Gasteiger partial charge in [0.05, 0.1) is 12.8 Å². The van der Waals surface area contributed by atoms with Crippen LogP contribution in [0, 0.1) is 11.3 Å². The third-order valence-electron chi connectivity index (χ3n) is 3.44. The van der Waals surface area contributed by atoms with Crippen LogP contribution >= 0.6 is 0 Å². The second-order valence-corrected chi connectivity index (χ2v) is 4.81. The first-order valence-electron chi connectivity index (χ1n) is 6.83. The number of aromatic nitrogens is 1. The number of benzene rings is 1. The number of hydrogen-bond acceptors (Lipinski definition) is 4. The fraction of sp³-hybridized carbons (Fsp3) is 0.312. The number of rotatable bonds is 5. The summed E-state index contributed by atoms with van der Waals surface area (Å²) in [5, 5.41) is 9.24. The summed E-state index contributed by atoms with van der Waals surface area (Å²) in [6.07, 6.45) is 0.877. The van der Waals surface area contributed by atoms with Crippen molar-refractivity contribution in [2.75, 3.05) is 12.8 Å². The average molecular weight is 285 g/mol. The third-order valence-corrected chi connectivity index (χ3v) is 3.44. The van der Waals surface area contributed by atoms with Crippen molar-refractivity contribution in [1.29, 1.82) is 5.26 Å². The fourth-order valence-electron chi connectivity index (χ4n) is 2.10. The monoisotopic (exact) mass is 285 g/mol. The van der Waals surface area contributed by atoms with Gasteiger partial charge in [-0.1, -0.05) is 6.92 Å². The van der Waals surface area contributed by atoms with Gasteiger partial charge in [0.2, 0.25) is 5.88 Å². The van der Waals surface area contributed by atoms with E-state index in [-0.39, 0.29) is 6.04 Å². The van der Waals surface area contributed by atoms with Gasteiger partial charge in [0, 0.05) is 12.1 Å². The van der Waals surface area contributed by atoms with E-state index in [1.807, 2.05) is 23.6 Å². The number of nitrogens with zero attached hydrogens (tertiary/aromatic N) is 2. The summed E-state index contributed by atoms with van der Waals surface area (Å²) < 4.78 is 12.8. The first kappa shape index (κ1) is 14.8. The number of nitrogen functional groups attached to an aromatic ring is 1. The Morgan fingerprint density at radius 2 is 1.90 bits per heavy atom. The Kier molecular flexibility index (Phi) is 4.39. The van der Waals surface area contributed by atoms with Crippen LogP contribution in [0.1, 0.15) is 32.0 Å². The van der Waals surface area contributed by atoms with Crippen molar-refractivity contribution >= 4 is 5.69 Å². The molecule has 0 bridgehead atoms. The van der Waals surface area contributed by atoms with Gasteiger partial charge in [-0.15, -0.1) is 0 Å². The topological polar surface area (TPSA) is 73.2 Å². The minimum Gasteiger partial charge on any atom is -0.497 e. The maximum atomic E-state index is 9.24. The summed E-state index contributed by atoms with van der Waals surface area (Å²) in [7, 11) is 1.61. The molecule has 0 fully saturated rings. The van der Waals surface area contributed by atoms with Gasteiger partial charge in [0.1, 0.15) is 23.3 Å². The highest BCUT2D eigenvalue weighted by Gasteiger charge is 2.18. The minimum absolute atomic E-state index is 0.130. The molecule has 1 heterocycles. The first-order chi connectivity index (χ1) is 10.1. The summed E-state index contributed by atoms with van der Waals surface area (Å²) >= 11 is 0. The fourth-order valence-corrected chi connectivity index (χ4v) is 2.10. The number of methoxy groups -OCH3 is 1. The Morgan fingerprint density at radius 3 is 2.43 bits per heavy atom. The van der Waals surface area contributed by atoms with Crippen molar-refractivity contribution in [3.8, 4) is 23.4 Å². The van der Waals surface area contributed by atoms with Gasteiger partial charge in [0.15, 0.2) is 0 Å². The van der Waals surface area contributed by atoms with Crippen molar-refractivity contribution in [3.63, 3.8) is 0 Å². The molecule has 2 aromatic rings. The van der Waals surface area contributed by atoms with E-state index in [0.29, 0.717) is 23.0 Å². The molecule has 5 nitrogen and oxygen atoms in total. The molecule has 0 aliphatic rings. The number of nitrogens with two attached hydrogens (primary N) is 1. The lowest BCUT2D eigenvalue weighted by Crippen LogP contribution is -2.08. The van der Waals surface area contributed by atoms with E-state index in [9.17, 15) is 5.26 Å². The highest BCUT2D eigenvalue weighted by molar-refractivity contribution is 5.56. The molecule has 1 aromatic carbocycles. The molecule has 0 saturated heterocycles. The molecule has 1 aromatic heterocycles. The molecule has 1 atom stereocenters. The molecule has 110 valence electrons. The van der Waals surface area contributed by atoms with Gasteiger partial charge >= 0.3 is 0 Å². The third kappa shape index (κ3) is 2.95. The Balaban J connectivity index is 2.38. The molecule has 2 rings (SSSR count).